The molecule has 0 atom stereocenters. The lowest BCUT2D eigenvalue weighted by molar-refractivity contribution is 0.102. The number of nitrogens with zero attached hydrogens (tertiary/aromatic N) is 2. The van der Waals surface area contributed by atoms with Crippen LogP contribution in [0.1, 0.15) is 24.2 Å². The number of amides is 1. The summed E-state index contributed by atoms with van der Waals surface area (Å²) in [7, 11) is 0. The van der Waals surface area contributed by atoms with Gasteiger partial charge in [-0.15, -0.1) is 5.10 Å². The fourth-order valence-electron chi connectivity index (χ4n) is 2.24. The van der Waals surface area contributed by atoms with Crippen LogP contribution in [0.3, 0.4) is 0 Å². The fraction of sp³-hybridized carbons (Fsp3) is 0.167. The third kappa shape index (κ3) is 3.45. The van der Waals surface area contributed by atoms with Crippen LogP contribution in [0.4, 0.5) is 5.69 Å². The van der Waals surface area contributed by atoms with Gasteiger partial charge in [0.15, 0.2) is 0 Å². The van der Waals surface area contributed by atoms with Crippen molar-refractivity contribution >= 4 is 22.4 Å². The van der Waals surface area contributed by atoms with E-state index >= 15 is 0 Å². The zero-order chi connectivity index (χ0) is 16.2. The second kappa shape index (κ2) is 6.44. The van der Waals surface area contributed by atoms with Crippen molar-refractivity contribution in [3.63, 3.8) is 0 Å². The number of aromatic nitrogens is 2. The van der Waals surface area contributed by atoms with Gasteiger partial charge in [0.1, 0.15) is 0 Å². The lowest BCUT2D eigenvalue weighted by Crippen LogP contribution is -2.11. The van der Waals surface area contributed by atoms with Crippen LogP contribution in [0.5, 0.6) is 5.88 Å². The van der Waals surface area contributed by atoms with Crippen LogP contribution in [-0.2, 0) is 0 Å². The molecule has 5 heteroatoms. The quantitative estimate of drug-likeness (QED) is 0.798. The number of anilines is 1. The van der Waals surface area contributed by atoms with Crippen LogP contribution >= 0.6 is 0 Å². The monoisotopic (exact) mass is 307 g/mol. The smallest absolute Gasteiger partial charge is 0.255 e. The Hall–Kier alpha value is -2.95. The molecule has 2 aromatic carbocycles. The van der Waals surface area contributed by atoms with Crippen molar-refractivity contribution in [3.05, 3.63) is 60.3 Å². The predicted octanol–water partition coefficient (Wildman–Crippen LogP) is 3.67. The van der Waals surface area contributed by atoms with Gasteiger partial charge < -0.3 is 10.1 Å². The van der Waals surface area contributed by atoms with Crippen LogP contribution in [0.2, 0.25) is 0 Å². The summed E-state index contributed by atoms with van der Waals surface area (Å²) < 4.78 is 5.66. The molecular weight excluding hydrogens is 290 g/mol. The van der Waals surface area contributed by atoms with Crippen molar-refractivity contribution in [3.8, 4) is 5.88 Å². The van der Waals surface area contributed by atoms with E-state index in [0.717, 1.165) is 10.8 Å². The van der Waals surface area contributed by atoms with Gasteiger partial charge in [0.05, 0.1) is 12.3 Å². The summed E-state index contributed by atoms with van der Waals surface area (Å²) in [6, 6.07) is 14.7. The molecule has 0 aliphatic heterocycles. The largest absolute Gasteiger partial charge is 0.473 e. The predicted molar refractivity (Wildman–Crippen MR) is 89.7 cm³/mol. The molecule has 23 heavy (non-hydrogen) atoms. The van der Waals surface area contributed by atoms with Gasteiger partial charge in [-0.1, -0.05) is 18.2 Å². The van der Waals surface area contributed by atoms with E-state index in [9.17, 15) is 4.79 Å². The number of carbonyl (C=O) groups is 1. The first-order chi connectivity index (χ1) is 11.1. The lowest BCUT2D eigenvalue weighted by Gasteiger charge is -2.11. The van der Waals surface area contributed by atoms with E-state index in [1.165, 1.54) is 0 Å². The number of hydrogen-bond donors (Lipinski definition) is 1. The van der Waals surface area contributed by atoms with Gasteiger partial charge in [0.2, 0.25) is 5.88 Å². The van der Waals surface area contributed by atoms with E-state index in [0.29, 0.717) is 17.1 Å². The molecule has 0 fully saturated rings. The van der Waals surface area contributed by atoms with Gasteiger partial charge in [0.25, 0.3) is 5.91 Å². The number of carbonyl (C=O) groups excluding carboxylic acids is 1. The van der Waals surface area contributed by atoms with Crippen molar-refractivity contribution in [1.82, 2.24) is 10.2 Å². The summed E-state index contributed by atoms with van der Waals surface area (Å²) in [5.41, 5.74) is 1.32. The van der Waals surface area contributed by atoms with E-state index in [4.69, 9.17) is 4.74 Å². The molecule has 0 saturated heterocycles. The summed E-state index contributed by atoms with van der Waals surface area (Å²) in [5.74, 6) is 0.351. The van der Waals surface area contributed by atoms with Crippen molar-refractivity contribution in [1.29, 1.82) is 0 Å². The lowest BCUT2D eigenvalue weighted by atomic mass is 10.1. The minimum atomic E-state index is -0.148. The van der Waals surface area contributed by atoms with E-state index in [-0.39, 0.29) is 12.0 Å². The highest BCUT2D eigenvalue weighted by Gasteiger charge is 2.09. The highest BCUT2D eigenvalue weighted by Crippen LogP contribution is 2.25. The maximum Gasteiger partial charge on any atom is 0.255 e. The first-order valence-corrected chi connectivity index (χ1v) is 7.42. The fourth-order valence-corrected chi connectivity index (χ4v) is 2.24. The zero-order valence-corrected chi connectivity index (χ0v) is 13.0. The Morgan fingerprint density at radius 2 is 1.91 bits per heavy atom. The van der Waals surface area contributed by atoms with Gasteiger partial charge in [0, 0.05) is 22.0 Å². The normalized spacial score (nSPS) is 10.7. The molecule has 0 radical (unpaired) electrons. The summed E-state index contributed by atoms with van der Waals surface area (Å²) in [5, 5.41) is 12.6. The van der Waals surface area contributed by atoms with Crippen LogP contribution in [0.15, 0.2) is 54.7 Å². The molecule has 0 aliphatic carbocycles. The second-order valence-electron chi connectivity index (χ2n) is 5.44. The SMILES string of the molecule is CC(C)Oc1nncc2cc(NC(=O)c3ccccc3)ccc12. The minimum Gasteiger partial charge on any atom is -0.473 e. The molecule has 5 nitrogen and oxygen atoms in total. The average Bonchev–Trinajstić information content (AvgIpc) is 2.55. The molecule has 3 aromatic rings. The Bertz CT molecular complexity index is 832. The highest BCUT2D eigenvalue weighted by molar-refractivity contribution is 6.05. The molecule has 0 bridgehead atoms. The van der Waals surface area contributed by atoms with Crippen LogP contribution in [0, 0.1) is 0 Å². The van der Waals surface area contributed by atoms with Gasteiger partial charge in [-0.25, -0.2) is 0 Å². The first-order valence-electron chi connectivity index (χ1n) is 7.42. The maximum absolute atomic E-state index is 12.2. The minimum absolute atomic E-state index is 0.0207. The summed E-state index contributed by atoms with van der Waals surface area (Å²) >= 11 is 0. The molecule has 1 aromatic heterocycles. The molecule has 116 valence electrons. The van der Waals surface area contributed by atoms with E-state index in [1.807, 2.05) is 50.2 Å². The van der Waals surface area contributed by atoms with E-state index in [2.05, 4.69) is 15.5 Å². The zero-order valence-electron chi connectivity index (χ0n) is 13.0. The number of benzene rings is 2. The number of ether oxygens (including phenoxy) is 1. The summed E-state index contributed by atoms with van der Waals surface area (Å²) in [6.45, 7) is 3.88. The molecule has 1 heterocycles. The molecule has 0 saturated carbocycles. The highest BCUT2D eigenvalue weighted by atomic mass is 16.5. The van der Waals surface area contributed by atoms with Crippen molar-refractivity contribution in [2.75, 3.05) is 5.32 Å². The third-order valence-electron chi connectivity index (χ3n) is 3.27. The second-order valence-corrected chi connectivity index (χ2v) is 5.44. The van der Waals surface area contributed by atoms with Gasteiger partial charge >= 0.3 is 0 Å². The standard InChI is InChI=1S/C18H17N3O2/c1-12(2)23-18-16-9-8-15(10-14(16)11-19-21-18)20-17(22)13-6-4-3-5-7-13/h3-12H,1-2H3,(H,20,22). The number of nitrogens with one attached hydrogen (secondary N) is 1. The molecule has 0 spiro atoms. The van der Waals surface area contributed by atoms with Gasteiger partial charge in [-0.2, -0.15) is 5.10 Å². The molecule has 1 amide bonds. The third-order valence-corrected chi connectivity index (χ3v) is 3.27. The summed E-state index contributed by atoms with van der Waals surface area (Å²) in [4.78, 5) is 12.2. The average molecular weight is 307 g/mol. The Kier molecular flexibility index (Phi) is 4.19. The van der Waals surface area contributed by atoms with Crippen LogP contribution < -0.4 is 10.1 Å². The number of hydrogen-bond acceptors (Lipinski definition) is 4. The van der Waals surface area contributed by atoms with Gasteiger partial charge in [-0.05, 0) is 44.2 Å². The van der Waals surface area contributed by atoms with Crippen LogP contribution in [0.25, 0.3) is 10.8 Å². The number of rotatable bonds is 4. The topological polar surface area (TPSA) is 64.1 Å². The van der Waals surface area contributed by atoms with Crippen LogP contribution in [-0.4, -0.2) is 22.2 Å². The van der Waals surface area contributed by atoms with Crippen molar-refractivity contribution in [2.45, 2.75) is 20.0 Å². The maximum atomic E-state index is 12.2. The van der Waals surface area contributed by atoms with Crippen molar-refractivity contribution in [2.24, 2.45) is 0 Å². The number of fused-ring (bicyclic) bond motifs is 1. The molecule has 0 unspecified atom stereocenters. The molecule has 0 aliphatic rings. The first kappa shape index (κ1) is 15.0. The molecular formula is C18H17N3O2. The van der Waals surface area contributed by atoms with Crippen molar-refractivity contribution < 1.29 is 9.53 Å². The van der Waals surface area contributed by atoms with E-state index < -0.39 is 0 Å². The van der Waals surface area contributed by atoms with Gasteiger partial charge in [-0.3, -0.25) is 4.79 Å². The Morgan fingerprint density at radius 1 is 1.13 bits per heavy atom. The van der Waals surface area contributed by atoms with E-state index in [1.54, 1.807) is 18.3 Å². The molecule has 3 rings (SSSR count). The summed E-state index contributed by atoms with van der Waals surface area (Å²) in [6.07, 6.45) is 1.67. The molecule has 1 N–H and O–H groups in total. The Labute approximate surface area is 134 Å². The Balaban J connectivity index is 1.87. The Morgan fingerprint density at radius 3 is 2.65 bits per heavy atom.